The first-order valence-corrected chi connectivity index (χ1v) is 13.0. The number of amides is 2. The number of aliphatic hydroxyl groups excluding tert-OH is 1. The van der Waals surface area contributed by atoms with Crippen LogP contribution in [-0.2, 0) is 31.1 Å². The second kappa shape index (κ2) is 8.73. The zero-order valence-corrected chi connectivity index (χ0v) is 21.0. The lowest BCUT2D eigenvalue weighted by Gasteiger charge is -2.35. The maximum Gasteiger partial charge on any atom is 0.296 e. The molecule has 4 aliphatic heterocycles. The van der Waals surface area contributed by atoms with Crippen molar-refractivity contribution in [2.45, 2.75) is 57.3 Å². The van der Waals surface area contributed by atoms with Crippen LogP contribution in [0, 0.1) is 0 Å². The molecule has 6 rings (SSSR count). The highest BCUT2D eigenvalue weighted by Gasteiger charge is 2.67. The van der Waals surface area contributed by atoms with Crippen LogP contribution in [0.4, 0.5) is 5.69 Å². The zero-order chi connectivity index (χ0) is 25.9. The minimum atomic E-state index is -1.75. The van der Waals surface area contributed by atoms with Crippen LogP contribution in [0.25, 0.3) is 5.76 Å². The summed E-state index contributed by atoms with van der Waals surface area (Å²) in [6, 6.07) is 12.5. The highest BCUT2D eigenvalue weighted by atomic mass is 16.5. The molecule has 0 aliphatic carbocycles. The van der Waals surface area contributed by atoms with Crippen LogP contribution in [0.15, 0.2) is 48.0 Å². The van der Waals surface area contributed by atoms with E-state index in [2.05, 4.69) is 0 Å². The van der Waals surface area contributed by atoms with Crippen LogP contribution >= 0.6 is 0 Å². The summed E-state index contributed by atoms with van der Waals surface area (Å²) in [6.45, 7) is 5.03. The Kier molecular flexibility index (Phi) is 5.60. The molecule has 0 bridgehead atoms. The summed E-state index contributed by atoms with van der Waals surface area (Å²) in [7, 11) is 0. The van der Waals surface area contributed by atoms with Crippen molar-refractivity contribution in [3.63, 3.8) is 0 Å². The monoisotopic (exact) mass is 502 g/mol. The van der Waals surface area contributed by atoms with Crippen molar-refractivity contribution in [1.82, 2.24) is 4.90 Å². The van der Waals surface area contributed by atoms with Crippen LogP contribution < -0.4 is 9.64 Å². The van der Waals surface area contributed by atoms with Gasteiger partial charge in [-0.3, -0.25) is 14.4 Å². The number of fused-ring (bicyclic) bond motifs is 3. The van der Waals surface area contributed by atoms with Gasteiger partial charge in [0.15, 0.2) is 5.54 Å². The van der Waals surface area contributed by atoms with Gasteiger partial charge in [0.05, 0.1) is 17.4 Å². The van der Waals surface area contributed by atoms with Gasteiger partial charge < -0.3 is 24.4 Å². The first-order valence-electron chi connectivity index (χ1n) is 13.0. The van der Waals surface area contributed by atoms with E-state index in [4.69, 9.17) is 9.47 Å². The second-order valence-electron chi connectivity index (χ2n) is 10.2. The van der Waals surface area contributed by atoms with E-state index >= 15 is 0 Å². The number of nitrogens with zero attached hydrogens (tertiary/aromatic N) is 2. The molecule has 37 heavy (non-hydrogen) atoms. The molecule has 4 aliphatic rings. The Hall–Kier alpha value is -3.65. The number of Topliss-reactive ketones (excluding diaryl/α,β-unsaturated/α-hetero) is 1. The highest BCUT2D eigenvalue weighted by molar-refractivity contribution is 6.50. The quantitative estimate of drug-likeness (QED) is 0.382. The number of hydrogen-bond acceptors (Lipinski definition) is 6. The molecule has 1 N–H and O–H groups in total. The van der Waals surface area contributed by atoms with Crippen LogP contribution in [0.1, 0.15) is 49.8 Å². The van der Waals surface area contributed by atoms with Crippen molar-refractivity contribution in [1.29, 1.82) is 0 Å². The molecule has 4 heterocycles. The Morgan fingerprint density at radius 3 is 2.73 bits per heavy atom. The molecule has 2 fully saturated rings. The van der Waals surface area contributed by atoms with Crippen molar-refractivity contribution < 1.29 is 29.0 Å². The minimum absolute atomic E-state index is 0.00821. The Morgan fingerprint density at radius 2 is 1.97 bits per heavy atom. The number of likely N-dealkylation sites (tertiary alicyclic amines) is 1. The number of benzene rings is 2. The largest absolute Gasteiger partial charge is 0.507 e. The van der Waals surface area contributed by atoms with E-state index in [1.165, 1.54) is 4.90 Å². The number of ketones is 1. The Balaban J connectivity index is 1.59. The first kappa shape index (κ1) is 23.7. The SMILES string of the molecule is CCCN1C(=O)[C@]2(C(=C(O)c3ccc4c(c3)C[C@H](C)O4)C(=O)C(=O)N2C[C@@H]2CCCO2)c2ccccc21. The number of carbonyl (C=O) groups excluding carboxylic acids is 3. The summed E-state index contributed by atoms with van der Waals surface area (Å²) < 4.78 is 11.6. The first-order chi connectivity index (χ1) is 17.9. The van der Waals surface area contributed by atoms with E-state index in [-0.39, 0.29) is 30.1 Å². The van der Waals surface area contributed by atoms with Crippen molar-refractivity contribution in [3.8, 4) is 5.75 Å². The number of carbonyl (C=O) groups is 3. The third-order valence-electron chi connectivity index (χ3n) is 7.84. The summed E-state index contributed by atoms with van der Waals surface area (Å²) in [5.74, 6) is -1.67. The molecule has 0 saturated carbocycles. The van der Waals surface area contributed by atoms with Crippen LogP contribution in [0.5, 0.6) is 5.75 Å². The topological polar surface area (TPSA) is 96.4 Å². The molecule has 0 unspecified atom stereocenters. The minimum Gasteiger partial charge on any atom is -0.507 e. The summed E-state index contributed by atoms with van der Waals surface area (Å²) in [6.07, 6.45) is 2.67. The average molecular weight is 503 g/mol. The number of hydrogen-bond donors (Lipinski definition) is 1. The van der Waals surface area contributed by atoms with E-state index in [0.717, 1.165) is 24.2 Å². The number of anilines is 1. The van der Waals surface area contributed by atoms with E-state index in [9.17, 15) is 19.5 Å². The Bertz CT molecular complexity index is 1340. The molecule has 3 atom stereocenters. The number of aliphatic hydroxyl groups is 1. The van der Waals surface area contributed by atoms with Gasteiger partial charge in [-0.05, 0) is 56.0 Å². The van der Waals surface area contributed by atoms with Crippen LogP contribution in [-0.4, -0.2) is 59.5 Å². The van der Waals surface area contributed by atoms with Crippen molar-refractivity contribution in [2.75, 3.05) is 24.6 Å². The molecule has 0 aromatic heterocycles. The fourth-order valence-electron chi connectivity index (χ4n) is 6.27. The molecule has 2 amide bonds. The molecular weight excluding hydrogens is 472 g/mol. The summed E-state index contributed by atoms with van der Waals surface area (Å²) >= 11 is 0. The molecule has 0 radical (unpaired) electrons. The maximum atomic E-state index is 14.4. The van der Waals surface area contributed by atoms with E-state index in [0.29, 0.717) is 42.8 Å². The van der Waals surface area contributed by atoms with Crippen molar-refractivity contribution in [3.05, 3.63) is 64.7 Å². The van der Waals surface area contributed by atoms with Crippen LogP contribution in [0.2, 0.25) is 0 Å². The third-order valence-corrected chi connectivity index (χ3v) is 7.84. The van der Waals surface area contributed by atoms with Gasteiger partial charge in [-0.25, -0.2) is 0 Å². The normalized spacial score (nSPS) is 27.8. The highest BCUT2D eigenvalue weighted by Crippen LogP contribution is 2.54. The van der Waals surface area contributed by atoms with Crippen molar-refractivity contribution in [2.24, 2.45) is 0 Å². The van der Waals surface area contributed by atoms with Gasteiger partial charge >= 0.3 is 0 Å². The smallest absolute Gasteiger partial charge is 0.296 e. The zero-order valence-electron chi connectivity index (χ0n) is 21.0. The molecule has 2 aromatic rings. The van der Waals surface area contributed by atoms with Gasteiger partial charge in [0.25, 0.3) is 17.6 Å². The van der Waals surface area contributed by atoms with Gasteiger partial charge in [-0.1, -0.05) is 25.1 Å². The lowest BCUT2D eigenvalue weighted by atomic mass is 9.81. The Morgan fingerprint density at radius 1 is 1.16 bits per heavy atom. The molecule has 2 aromatic carbocycles. The fourth-order valence-corrected chi connectivity index (χ4v) is 6.27. The molecule has 8 nitrogen and oxygen atoms in total. The van der Waals surface area contributed by atoms with E-state index in [1.54, 1.807) is 35.2 Å². The van der Waals surface area contributed by atoms with Crippen LogP contribution in [0.3, 0.4) is 0 Å². The summed E-state index contributed by atoms with van der Waals surface area (Å²) in [4.78, 5) is 44.8. The predicted octanol–water partition coefficient (Wildman–Crippen LogP) is 3.52. The molecule has 2 saturated heterocycles. The summed E-state index contributed by atoms with van der Waals surface area (Å²) in [5, 5.41) is 11.7. The molecular formula is C29H30N2O6. The maximum absolute atomic E-state index is 14.4. The standard InChI is InChI=1S/C29H30N2O6/c1-3-12-30-22-9-5-4-8-21(22)29(28(30)35)24(26(33)27(34)31(29)16-20-7-6-13-36-20)25(32)18-10-11-23-19(15-18)14-17(2)37-23/h4-5,8-11,15,17,20,32H,3,6-7,12-14,16H2,1-2H3/t17-,20-,29+/m0/s1. The van der Waals surface area contributed by atoms with Gasteiger partial charge in [0.2, 0.25) is 0 Å². The van der Waals surface area contributed by atoms with Gasteiger partial charge in [0.1, 0.15) is 17.6 Å². The fraction of sp³-hybridized carbons (Fsp3) is 0.414. The Labute approximate surface area is 215 Å². The van der Waals surface area contributed by atoms with Gasteiger partial charge in [0, 0.05) is 37.2 Å². The third kappa shape index (κ3) is 3.35. The molecule has 1 spiro atoms. The summed E-state index contributed by atoms with van der Waals surface area (Å²) in [5.41, 5.74) is 0.535. The van der Waals surface area contributed by atoms with Gasteiger partial charge in [-0.2, -0.15) is 0 Å². The molecule has 8 heteroatoms. The predicted molar refractivity (Wildman–Crippen MR) is 136 cm³/mol. The number of rotatable bonds is 5. The van der Waals surface area contributed by atoms with E-state index < -0.39 is 23.1 Å². The number of para-hydroxylation sites is 1. The lowest BCUT2D eigenvalue weighted by Crippen LogP contribution is -2.53. The average Bonchev–Trinajstić information content (AvgIpc) is 3.64. The number of ether oxygens (including phenoxy) is 2. The lowest BCUT2D eigenvalue weighted by molar-refractivity contribution is -0.145. The van der Waals surface area contributed by atoms with E-state index in [1.807, 2.05) is 26.0 Å². The second-order valence-corrected chi connectivity index (χ2v) is 10.2. The molecule has 192 valence electrons. The van der Waals surface area contributed by atoms with Crippen molar-refractivity contribution >= 4 is 29.0 Å². The van der Waals surface area contributed by atoms with Gasteiger partial charge in [-0.15, -0.1) is 0 Å².